The van der Waals surface area contributed by atoms with Crippen molar-refractivity contribution in [2.45, 2.75) is 33.0 Å². The number of halogens is 1. The molecule has 0 amide bonds. The van der Waals surface area contributed by atoms with E-state index in [0.717, 1.165) is 36.5 Å². The zero-order valence-corrected chi connectivity index (χ0v) is 14.0. The average molecular weight is 350 g/mol. The van der Waals surface area contributed by atoms with Crippen molar-refractivity contribution in [3.8, 4) is 0 Å². The Morgan fingerprint density at radius 2 is 2.24 bits per heavy atom. The zero-order chi connectivity index (χ0) is 14.8. The quantitative estimate of drug-likeness (QED) is 0.921. The molecule has 6 heteroatoms. The van der Waals surface area contributed by atoms with Crippen molar-refractivity contribution in [3.63, 3.8) is 0 Å². The van der Waals surface area contributed by atoms with E-state index in [4.69, 9.17) is 0 Å². The Bertz CT molecular complexity index is 624. The molecule has 1 aromatic heterocycles. The summed E-state index contributed by atoms with van der Waals surface area (Å²) in [6.45, 7) is 8.02. The number of hydrogen-bond acceptors (Lipinski definition) is 4. The van der Waals surface area contributed by atoms with Crippen LogP contribution in [0, 0.1) is 0 Å². The minimum absolute atomic E-state index is 0.350. The first-order chi connectivity index (χ1) is 10.2. The zero-order valence-electron chi connectivity index (χ0n) is 12.4. The summed E-state index contributed by atoms with van der Waals surface area (Å²) in [7, 11) is 0. The summed E-state index contributed by atoms with van der Waals surface area (Å²) in [6.07, 6.45) is 1.81. The van der Waals surface area contributed by atoms with Gasteiger partial charge in [-0.25, -0.2) is 0 Å². The monoisotopic (exact) mass is 349 g/mol. The summed E-state index contributed by atoms with van der Waals surface area (Å²) >= 11 is 3.71. The molecule has 3 rings (SSSR count). The van der Waals surface area contributed by atoms with E-state index in [0.29, 0.717) is 6.04 Å². The first-order valence-electron chi connectivity index (χ1n) is 7.33. The van der Waals surface area contributed by atoms with Gasteiger partial charge in [0.15, 0.2) is 5.82 Å². The number of nitrogens with one attached hydrogen (secondary N) is 1. The van der Waals surface area contributed by atoms with Crippen molar-refractivity contribution in [2.24, 2.45) is 0 Å². The van der Waals surface area contributed by atoms with E-state index in [1.54, 1.807) is 0 Å². The van der Waals surface area contributed by atoms with Gasteiger partial charge in [-0.05, 0) is 31.2 Å². The van der Waals surface area contributed by atoms with Crippen molar-refractivity contribution in [1.29, 1.82) is 0 Å². The molecule has 0 bridgehead atoms. The lowest BCUT2D eigenvalue weighted by Crippen LogP contribution is -2.33. The fraction of sp³-hybridized carbons (Fsp3) is 0.467. The Morgan fingerprint density at radius 1 is 1.38 bits per heavy atom. The summed E-state index contributed by atoms with van der Waals surface area (Å²) in [6, 6.07) is 6.95. The maximum absolute atomic E-state index is 4.17. The lowest BCUT2D eigenvalue weighted by atomic mass is 10.1. The molecule has 0 aliphatic carbocycles. The SMILES string of the molecule is CCNC(C)c1ccc(N2CCn3cnnc3C2)cc1Br. The van der Waals surface area contributed by atoms with Crippen molar-refractivity contribution in [2.75, 3.05) is 18.0 Å². The Hall–Kier alpha value is -1.40. The van der Waals surface area contributed by atoms with Crippen LogP contribution in [0.3, 0.4) is 0 Å². The summed E-state index contributed by atoms with van der Waals surface area (Å²) in [4.78, 5) is 2.34. The number of aromatic nitrogens is 3. The van der Waals surface area contributed by atoms with Crippen molar-refractivity contribution in [1.82, 2.24) is 20.1 Å². The maximum Gasteiger partial charge on any atom is 0.152 e. The summed E-state index contributed by atoms with van der Waals surface area (Å²) in [5, 5.41) is 11.6. The molecule has 1 aliphatic rings. The second-order valence-electron chi connectivity index (χ2n) is 5.35. The third kappa shape index (κ3) is 2.96. The Morgan fingerprint density at radius 3 is 3.00 bits per heavy atom. The van der Waals surface area contributed by atoms with Gasteiger partial charge in [-0.1, -0.05) is 28.9 Å². The summed E-state index contributed by atoms with van der Waals surface area (Å²) in [5.41, 5.74) is 2.52. The minimum atomic E-state index is 0.350. The molecular weight excluding hydrogens is 330 g/mol. The third-order valence-electron chi connectivity index (χ3n) is 3.96. The molecule has 1 aromatic carbocycles. The average Bonchev–Trinajstić information content (AvgIpc) is 2.94. The maximum atomic E-state index is 4.17. The van der Waals surface area contributed by atoms with Gasteiger partial charge in [0, 0.05) is 29.3 Å². The van der Waals surface area contributed by atoms with Gasteiger partial charge in [-0.15, -0.1) is 10.2 Å². The number of fused-ring (bicyclic) bond motifs is 1. The van der Waals surface area contributed by atoms with Crippen molar-refractivity contribution >= 4 is 21.6 Å². The molecule has 0 saturated heterocycles. The molecule has 0 radical (unpaired) electrons. The van der Waals surface area contributed by atoms with Gasteiger partial charge in [0.25, 0.3) is 0 Å². The van der Waals surface area contributed by atoms with Crippen LogP contribution in [0.2, 0.25) is 0 Å². The fourth-order valence-corrected chi connectivity index (χ4v) is 3.48. The number of benzene rings is 1. The minimum Gasteiger partial charge on any atom is -0.362 e. The normalized spacial score (nSPS) is 15.9. The Labute approximate surface area is 133 Å². The molecule has 1 atom stereocenters. The Kier molecular flexibility index (Phi) is 4.26. The number of hydrogen-bond donors (Lipinski definition) is 1. The fourth-order valence-electron chi connectivity index (χ4n) is 2.77. The van der Waals surface area contributed by atoms with Gasteiger partial charge in [0.05, 0.1) is 6.54 Å². The molecule has 0 spiro atoms. The molecule has 2 heterocycles. The molecule has 2 aromatic rings. The highest BCUT2D eigenvalue weighted by Crippen LogP contribution is 2.29. The standard InChI is InChI=1S/C15H20BrN5/c1-3-17-11(2)13-5-4-12(8-14(13)16)20-6-7-21-10-18-19-15(21)9-20/h4-5,8,10-11,17H,3,6-7,9H2,1-2H3. The molecule has 21 heavy (non-hydrogen) atoms. The van der Waals surface area contributed by atoms with Gasteiger partial charge < -0.3 is 14.8 Å². The molecule has 0 fully saturated rings. The van der Waals surface area contributed by atoms with Crippen molar-refractivity contribution in [3.05, 3.63) is 40.4 Å². The molecular formula is C15H20BrN5. The molecule has 0 saturated carbocycles. The first kappa shape index (κ1) is 14.5. The summed E-state index contributed by atoms with van der Waals surface area (Å²) in [5.74, 6) is 1.03. The van der Waals surface area contributed by atoms with E-state index in [-0.39, 0.29) is 0 Å². The van der Waals surface area contributed by atoms with E-state index in [9.17, 15) is 0 Å². The first-order valence-corrected chi connectivity index (χ1v) is 8.12. The number of nitrogens with zero attached hydrogens (tertiary/aromatic N) is 4. The van der Waals surface area contributed by atoms with Crippen LogP contribution in [0.4, 0.5) is 5.69 Å². The van der Waals surface area contributed by atoms with Gasteiger partial charge >= 0.3 is 0 Å². The lowest BCUT2D eigenvalue weighted by Gasteiger charge is -2.29. The molecule has 1 unspecified atom stereocenters. The van der Waals surface area contributed by atoms with E-state index in [1.165, 1.54) is 11.3 Å². The van der Waals surface area contributed by atoms with Gasteiger partial charge in [-0.3, -0.25) is 0 Å². The lowest BCUT2D eigenvalue weighted by molar-refractivity contribution is 0.559. The van der Waals surface area contributed by atoms with Crippen LogP contribution in [0.5, 0.6) is 0 Å². The van der Waals surface area contributed by atoms with Crippen LogP contribution in [-0.2, 0) is 13.1 Å². The van der Waals surface area contributed by atoms with Crippen LogP contribution >= 0.6 is 15.9 Å². The predicted octanol–water partition coefficient (Wildman–Crippen LogP) is 2.73. The number of rotatable bonds is 4. The van der Waals surface area contributed by atoms with E-state index in [2.05, 4.69) is 73.0 Å². The molecule has 5 nitrogen and oxygen atoms in total. The van der Waals surface area contributed by atoms with E-state index < -0.39 is 0 Å². The van der Waals surface area contributed by atoms with Crippen LogP contribution < -0.4 is 10.2 Å². The van der Waals surface area contributed by atoms with Crippen LogP contribution in [0.1, 0.15) is 31.3 Å². The van der Waals surface area contributed by atoms with Crippen LogP contribution in [0.25, 0.3) is 0 Å². The van der Waals surface area contributed by atoms with Crippen molar-refractivity contribution < 1.29 is 0 Å². The molecule has 112 valence electrons. The highest BCUT2D eigenvalue weighted by atomic mass is 79.9. The van der Waals surface area contributed by atoms with Gasteiger partial charge in [0.2, 0.25) is 0 Å². The third-order valence-corrected chi connectivity index (χ3v) is 4.65. The van der Waals surface area contributed by atoms with Crippen LogP contribution in [0.15, 0.2) is 29.0 Å². The predicted molar refractivity (Wildman–Crippen MR) is 87.3 cm³/mol. The number of anilines is 1. The highest BCUT2D eigenvalue weighted by Gasteiger charge is 2.19. The van der Waals surface area contributed by atoms with Crippen LogP contribution in [-0.4, -0.2) is 27.9 Å². The second-order valence-corrected chi connectivity index (χ2v) is 6.20. The Balaban J connectivity index is 1.80. The smallest absolute Gasteiger partial charge is 0.152 e. The van der Waals surface area contributed by atoms with Gasteiger partial charge in [-0.2, -0.15) is 0 Å². The molecule has 1 N–H and O–H groups in total. The molecule has 1 aliphatic heterocycles. The highest BCUT2D eigenvalue weighted by molar-refractivity contribution is 9.10. The van der Waals surface area contributed by atoms with E-state index >= 15 is 0 Å². The second kappa shape index (κ2) is 6.15. The summed E-state index contributed by atoms with van der Waals surface area (Å²) < 4.78 is 3.27. The topological polar surface area (TPSA) is 46.0 Å². The largest absolute Gasteiger partial charge is 0.362 e. The van der Waals surface area contributed by atoms with E-state index in [1.807, 2.05) is 6.33 Å². The van der Waals surface area contributed by atoms with Gasteiger partial charge in [0.1, 0.15) is 6.33 Å².